The molecule has 2 heterocycles. The summed E-state index contributed by atoms with van der Waals surface area (Å²) in [6.07, 6.45) is 0.119. The highest BCUT2D eigenvalue weighted by Crippen LogP contribution is 2.29. The molecule has 3 rings (SSSR count). The molecule has 0 bridgehead atoms. The molecule has 0 aliphatic carbocycles. The van der Waals surface area contributed by atoms with Gasteiger partial charge >= 0.3 is 6.18 Å². The van der Waals surface area contributed by atoms with E-state index in [1.54, 1.807) is 23.0 Å². The number of rotatable bonds is 6. The molecule has 0 amide bonds. The van der Waals surface area contributed by atoms with Crippen molar-refractivity contribution in [2.75, 3.05) is 11.9 Å². The number of alkyl halides is 3. The first-order valence-corrected chi connectivity index (χ1v) is 8.67. The average Bonchev–Trinajstić information content (AvgIpc) is 3.09. The van der Waals surface area contributed by atoms with E-state index in [1.807, 2.05) is 26.1 Å². The molecule has 9 heteroatoms. The van der Waals surface area contributed by atoms with Crippen LogP contribution in [0.25, 0.3) is 11.1 Å². The fraction of sp³-hybridized carbons (Fsp3) is 0.316. The summed E-state index contributed by atoms with van der Waals surface area (Å²) in [6.45, 7) is 4.47. The van der Waals surface area contributed by atoms with Crippen molar-refractivity contribution in [2.24, 2.45) is 5.92 Å². The minimum Gasteiger partial charge on any atom is -0.396 e. The third kappa shape index (κ3) is 4.86. The van der Waals surface area contributed by atoms with Gasteiger partial charge in [0.15, 0.2) is 0 Å². The highest BCUT2D eigenvalue weighted by Gasteiger charge is 2.32. The smallest absolute Gasteiger partial charge is 0.396 e. The predicted octanol–water partition coefficient (Wildman–Crippen LogP) is 4.04. The standard InChI is InChI=1S/C19H20F3N5O/c1-12-5-14(15-8-24-27(10-15)9-13(2)11-28)7-16(6-12)25-18-23-4-3-17(26-18)19(20,21)22/h3-8,10,13,28H,9,11H2,1-2H3,(H,23,25,26). The van der Waals surface area contributed by atoms with Gasteiger partial charge in [-0.25, -0.2) is 9.97 Å². The Balaban J connectivity index is 1.84. The van der Waals surface area contributed by atoms with Gasteiger partial charge in [-0.2, -0.15) is 18.3 Å². The van der Waals surface area contributed by atoms with Gasteiger partial charge in [-0.15, -0.1) is 0 Å². The maximum absolute atomic E-state index is 12.8. The highest BCUT2D eigenvalue weighted by molar-refractivity contribution is 5.70. The molecule has 148 valence electrons. The van der Waals surface area contributed by atoms with Crippen LogP contribution in [0.2, 0.25) is 0 Å². The van der Waals surface area contributed by atoms with Crippen molar-refractivity contribution in [3.8, 4) is 11.1 Å². The van der Waals surface area contributed by atoms with Crippen molar-refractivity contribution < 1.29 is 18.3 Å². The second kappa shape index (κ2) is 7.97. The zero-order chi connectivity index (χ0) is 20.3. The van der Waals surface area contributed by atoms with Crippen LogP contribution in [0.5, 0.6) is 0 Å². The van der Waals surface area contributed by atoms with Crippen LogP contribution in [0.15, 0.2) is 42.9 Å². The minimum atomic E-state index is -4.53. The number of aryl methyl sites for hydroxylation is 1. The summed E-state index contributed by atoms with van der Waals surface area (Å²) < 4.78 is 40.2. The molecular weight excluding hydrogens is 371 g/mol. The van der Waals surface area contributed by atoms with E-state index in [0.29, 0.717) is 12.2 Å². The summed E-state index contributed by atoms with van der Waals surface area (Å²) in [7, 11) is 0. The fourth-order valence-electron chi connectivity index (χ4n) is 2.72. The number of nitrogens with zero attached hydrogens (tertiary/aromatic N) is 4. The second-order valence-corrected chi connectivity index (χ2v) is 6.71. The number of aliphatic hydroxyl groups excluding tert-OH is 1. The summed E-state index contributed by atoms with van der Waals surface area (Å²) in [6, 6.07) is 6.38. The highest BCUT2D eigenvalue weighted by atomic mass is 19.4. The third-order valence-electron chi connectivity index (χ3n) is 4.06. The van der Waals surface area contributed by atoms with Crippen LogP contribution in [-0.4, -0.2) is 31.5 Å². The number of hydrogen-bond acceptors (Lipinski definition) is 5. The quantitative estimate of drug-likeness (QED) is 0.663. The number of hydrogen-bond donors (Lipinski definition) is 2. The van der Waals surface area contributed by atoms with Crippen molar-refractivity contribution in [2.45, 2.75) is 26.6 Å². The lowest BCUT2D eigenvalue weighted by Crippen LogP contribution is -2.11. The molecule has 2 N–H and O–H groups in total. The number of benzene rings is 1. The summed E-state index contributed by atoms with van der Waals surface area (Å²) in [4.78, 5) is 7.39. The van der Waals surface area contributed by atoms with Crippen molar-refractivity contribution in [3.05, 3.63) is 54.1 Å². The van der Waals surface area contributed by atoms with E-state index in [4.69, 9.17) is 0 Å². The van der Waals surface area contributed by atoms with Gasteiger partial charge in [0.1, 0.15) is 5.69 Å². The molecule has 28 heavy (non-hydrogen) atoms. The van der Waals surface area contributed by atoms with Gasteiger partial charge in [-0.05, 0) is 42.2 Å². The van der Waals surface area contributed by atoms with Gasteiger partial charge in [0.2, 0.25) is 5.95 Å². The van der Waals surface area contributed by atoms with E-state index in [9.17, 15) is 18.3 Å². The summed E-state index contributed by atoms with van der Waals surface area (Å²) in [5.41, 5.74) is 2.21. The molecule has 0 aliphatic heterocycles. The van der Waals surface area contributed by atoms with Crippen LogP contribution in [0.4, 0.5) is 24.8 Å². The van der Waals surface area contributed by atoms with E-state index < -0.39 is 11.9 Å². The predicted molar refractivity (Wildman–Crippen MR) is 99.0 cm³/mol. The van der Waals surface area contributed by atoms with Crippen LogP contribution in [0.3, 0.4) is 0 Å². The van der Waals surface area contributed by atoms with Gasteiger partial charge in [0, 0.05) is 36.8 Å². The Morgan fingerprint density at radius 1 is 1.21 bits per heavy atom. The Morgan fingerprint density at radius 3 is 2.71 bits per heavy atom. The van der Waals surface area contributed by atoms with E-state index in [-0.39, 0.29) is 18.5 Å². The van der Waals surface area contributed by atoms with Crippen LogP contribution in [0.1, 0.15) is 18.2 Å². The maximum atomic E-state index is 12.8. The molecule has 0 fully saturated rings. The average molecular weight is 391 g/mol. The Kier molecular flexibility index (Phi) is 5.64. The van der Waals surface area contributed by atoms with Gasteiger partial charge in [0.25, 0.3) is 0 Å². The van der Waals surface area contributed by atoms with Gasteiger partial charge in [0.05, 0.1) is 6.20 Å². The number of aromatic nitrogens is 4. The lowest BCUT2D eigenvalue weighted by atomic mass is 10.1. The number of aliphatic hydroxyl groups is 1. The zero-order valence-electron chi connectivity index (χ0n) is 15.4. The number of halogens is 3. The summed E-state index contributed by atoms with van der Waals surface area (Å²) in [5, 5.41) is 16.3. The monoisotopic (exact) mass is 391 g/mol. The lowest BCUT2D eigenvalue weighted by Gasteiger charge is -2.10. The maximum Gasteiger partial charge on any atom is 0.433 e. The molecule has 0 aliphatic rings. The molecule has 0 saturated carbocycles. The molecule has 0 spiro atoms. The van der Waals surface area contributed by atoms with E-state index in [0.717, 1.165) is 29.0 Å². The third-order valence-corrected chi connectivity index (χ3v) is 4.06. The normalized spacial score (nSPS) is 12.8. The zero-order valence-corrected chi connectivity index (χ0v) is 15.4. The van der Waals surface area contributed by atoms with Crippen molar-refractivity contribution in [1.82, 2.24) is 19.7 Å². The lowest BCUT2D eigenvalue weighted by molar-refractivity contribution is -0.141. The first kappa shape index (κ1) is 19.8. The van der Waals surface area contributed by atoms with E-state index >= 15 is 0 Å². The molecule has 2 aromatic heterocycles. The largest absolute Gasteiger partial charge is 0.433 e. The summed E-state index contributed by atoms with van der Waals surface area (Å²) in [5.74, 6) is -0.0422. The molecule has 6 nitrogen and oxygen atoms in total. The van der Waals surface area contributed by atoms with Crippen LogP contribution in [-0.2, 0) is 12.7 Å². The molecule has 1 unspecified atom stereocenters. The van der Waals surface area contributed by atoms with Crippen LogP contribution >= 0.6 is 0 Å². The molecular formula is C19H20F3N5O. The van der Waals surface area contributed by atoms with Crippen molar-refractivity contribution in [1.29, 1.82) is 0 Å². The van der Waals surface area contributed by atoms with Gasteiger partial charge in [-0.3, -0.25) is 4.68 Å². The van der Waals surface area contributed by atoms with Crippen molar-refractivity contribution in [3.63, 3.8) is 0 Å². The first-order valence-electron chi connectivity index (χ1n) is 8.67. The molecule has 1 atom stereocenters. The van der Waals surface area contributed by atoms with E-state index in [2.05, 4.69) is 20.4 Å². The minimum absolute atomic E-state index is 0.0741. The van der Waals surface area contributed by atoms with Crippen molar-refractivity contribution >= 4 is 11.6 Å². The molecule has 1 aromatic carbocycles. The van der Waals surface area contributed by atoms with Crippen LogP contribution in [0, 0.1) is 12.8 Å². The number of anilines is 2. The first-order chi connectivity index (χ1) is 13.2. The van der Waals surface area contributed by atoms with Gasteiger partial charge in [-0.1, -0.05) is 13.0 Å². The molecule has 0 radical (unpaired) electrons. The molecule has 3 aromatic rings. The Morgan fingerprint density at radius 2 is 2.00 bits per heavy atom. The Labute approximate surface area is 160 Å². The summed E-state index contributed by atoms with van der Waals surface area (Å²) >= 11 is 0. The Bertz CT molecular complexity index is 955. The van der Waals surface area contributed by atoms with Gasteiger partial charge < -0.3 is 10.4 Å². The van der Waals surface area contributed by atoms with Crippen LogP contribution < -0.4 is 5.32 Å². The van der Waals surface area contributed by atoms with E-state index in [1.165, 1.54) is 0 Å². The number of nitrogens with one attached hydrogen (secondary N) is 1. The Hall–Kier alpha value is -2.94. The fourth-order valence-corrected chi connectivity index (χ4v) is 2.72. The second-order valence-electron chi connectivity index (χ2n) is 6.71. The topological polar surface area (TPSA) is 75.9 Å². The molecule has 0 saturated heterocycles. The SMILES string of the molecule is Cc1cc(Nc2nccc(C(F)(F)F)n2)cc(-c2cnn(CC(C)CO)c2)c1.